The number of amidine groups is 1. The van der Waals surface area contributed by atoms with E-state index in [9.17, 15) is 4.79 Å². The number of carbonyl (C=O) groups is 1. The van der Waals surface area contributed by atoms with E-state index < -0.39 is 5.97 Å². The first-order valence-corrected chi connectivity index (χ1v) is 6.30. The molecule has 0 radical (unpaired) electrons. The molecule has 0 aromatic rings. The minimum atomic E-state index is -0.659. The van der Waals surface area contributed by atoms with E-state index in [-0.39, 0.29) is 12.0 Å². The fourth-order valence-corrected chi connectivity index (χ4v) is 2.63. The molecule has 4 nitrogen and oxygen atoms in total. The Morgan fingerprint density at radius 3 is 2.75 bits per heavy atom. The monoisotopic (exact) mass is 224 g/mol. The molecule has 2 unspecified atom stereocenters. The van der Waals surface area contributed by atoms with E-state index in [0.717, 1.165) is 50.9 Å². The van der Waals surface area contributed by atoms with Crippen molar-refractivity contribution in [1.29, 1.82) is 0 Å². The fourth-order valence-electron chi connectivity index (χ4n) is 2.63. The van der Waals surface area contributed by atoms with Crippen molar-refractivity contribution in [2.24, 2.45) is 10.9 Å². The van der Waals surface area contributed by atoms with Crippen LogP contribution in [0.25, 0.3) is 0 Å². The highest BCUT2D eigenvalue weighted by Gasteiger charge is 2.31. The Hall–Kier alpha value is -1.06. The molecule has 0 saturated heterocycles. The third kappa shape index (κ3) is 2.74. The minimum Gasteiger partial charge on any atom is -0.481 e. The lowest BCUT2D eigenvalue weighted by Gasteiger charge is -2.31. The number of rotatable bonds is 2. The summed E-state index contributed by atoms with van der Waals surface area (Å²) in [5, 5.41) is 12.5. The maximum absolute atomic E-state index is 11.1. The molecular weight excluding hydrogens is 204 g/mol. The SMILES string of the molecule is O=C(O)C1CCCCC1NC1=NCCCC1. The predicted molar refractivity (Wildman–Crippen MR) is 62.7 cm³/mol. The van der Waals surface area contributed by atoms with E-state index in [1.165, 1.54) is 6.42 Å². The molecule has 0 bridgehead atoms. The lowest BCUT2D eigenvalue weighted by Crippen LogP contribution is -2.45. The van der Waals surface area contributed by atoms with E-state index in [4.69, 9.17) is 5.11 Å². The normalized spacial score (nSPS) is 30.6. The highest BCUT2D eigenvalue weighted by atomic mass is 16.4. The Kier molecular flexibility index (Phi) is 3.80. The summed E-state index contributed by atoms with van der Waals surface area (Å²) < 4.78 is 0. The zero-order chi connectivity index (χ0) is 11.4. The van der Waals surface area contributed by atoms with Crippen molar-refractivity contribution in [2.75, 3.05) is 6.54 Å². The van der Waals surface area contributed by atoms with Crippen molar-refractivity contribution in [2.45, 2.75) is 51.0 Å². The maximum atomic E-state index is 11.1. The van der Waals surface area contributed by atoms with Crippen LogP contribution < -0.4 is 5.32 Å². The van der Waals surface area contributed by atoms with Gasteiger partial charge in [0.1, 0.15) is 0 Å². The van der Waals surface area contributed by atoms with Crippen molar-refractivity contribution in [3.8, 4) is 0 Å². The fraction of sp³-hybridized carbons (Fsp3) is 0.833. The Bertz CT molecular complexity index is 289. The van der Waals surface area contributed by atoms with Gasteiger partial charge in [0.05, 0.1) is 11.8 Å². The number of carboxylic acid groups (broad SMARTS) is 1. The Morgan fingerprint density at radius 2 is 2.06 bits per heavy atom. The molecule has 1 saturated carbocycles. The summed E-state index contributed by atoms with van der Waals surface area (Å²) in [6.07, 6.45) is 7.28. The first kappa shape index (κ1) is 11.4. The number of nitrogens with one attached hydrogen (secondary N) is 1. The summed E-state index contributed by atoms with van der Waals surface area (Å²) in [7, 11) is 0. The second-order valence-electron chi connectivity index (χ2n) is 4.77. The molecule has 2 aliphatic rings. The number of hydrogen-bond donors (Lipinski definition) is 2. The van der Waals surface area contributed by atoms with Crippen molar-refractivity contribution in [3.05, 3.63) is 0 Å². The summed E-state index contributed by atoms with van der Waals surface area (Å²) >= 11 is 0. The van der Waals surface area contributed by atoms with Crippen molar-refractivity contribution < 1.29 is 9.90 Å². The zero-order valence-corrected chi connectivity index (χ0v) is 9.61. The Labute approximate surface area is 96.1 Å². The van der Waals surface area contributed by atoms with Gasteiger partial charge in [-0.15, -0.1) is 0 Å². The largest absolute Gasteiger partial charge is 0.481 e. The van der Waals surface area contributed by atoms with Gasteiger partial charge in [-0.3, -0.25) is 9.79 Å². The Balaban J connectivity index is 1.95. The van der Waals surface area contributed by atoms with Gasteiger partial charge in [0.15, 0.2) is 0 Å². The lowest BCUT2D eigenvalue weighted by molar-refractivity contribution is -0.143. The summed E-state index contributed by atoms with van der Waals surface area (Å²) in [6, 6.07) is 0.100. The molecule has 1 aliphatic heterocycles. The van der Waals surface area contributed by atoms with E-state index in [1.54, 1.807) is 0 Å². The standard InChI is InChI=1S/C12H20N2O2/c15-12(16)9-5-1-2-6-10(9)14-11-7-3-4-8-13-11/h9-10H,1-8H2,(H,13,14)(H,15,16). The van der Waals surface area contributed by atoms with Crippen molar-refractivity contribution in [1.82, 2.24) is 5.32 Å². The number of aliphatic carboxylic acids is 1. The molecule has 2 N–H and O–H groups in total. The van der Waals surface area contributed by atoms with Crippen LogP contribution in [-0.4, -0.2) is 29.5 Å². The summed E-state index contributed by atoms with van der Waals surface area (Å²) in [5.74, 6) is 0.149. The molecule has 90 valence electrons. The van der Waals surface area contributed by atoms with Gasteiger partial charge in [-0.05, 0) is 25.7 Å². The second kappa shape index (κ2) is 5.32. The van der Waals surface area contributed by atoms with Crippen LogP contribution >= 0.6 is 0 Å². The molecule has 2 rings (SSSR count). The van der Waals surface area contributed by atoms with Gasteiger partial charge in [0.2, 0.25) is 0 Å². The third-order valence-corrected chi connectivity index (χ3v) is 3.56. The molecule has 4 heteroatoms. The second-order valence-corrected chi connectivity index (χ2v) is 4.77. The van der Waals surface area contributed by atoms with Gasteiger partial charge in [-0.1, -0.05) is 12.8 Å². The molecule has 1 heterocycles. The van der Waals surface area contributed by atoms with Gasteiger partial charge in [-0.25, -0.2) is 0 Å². The van der Waals surface area contributed by atoms with Crippen LogP contribution in [0.2, 0.25) is 0 Å². The highest BCUT2D eigenvalue weighted by molar-refractivity contribution is 5.83. The van der Waals surface area contributed by atoms with Crippen LogP contribution in [0.4, 0.5) is 0 Å². The topological polar surface area (TPSA) is 61.7 Å². The van der Waals surface area contributed by atoms with Gasteiger partial charge in [-0.2, -0.15) is 0 Å². The highest BCUT2D eigenvalue weighted by Crippen LogP contribution is 2.25. The summed E-state index contributed by atoms with van der Waals surface area (Å²) in [4.78, 5) is 15.6. The molecule has 1 aliphatic carbocycles. The van der Waals surface area contributed by atoms with Crippen LogP contribution in [-0.2, 0) is 4.79 Å². The van der Waals surface area contributed by atoms with Gasteiger partial charge < -0.3 is 10.4 Å². The van der Waals surface area contributed by atoms with E-state index >= 15 is 0 Å². The minimum absolute atomic E-state index is 0.100. The average molecular weight is 224 g/mol. The van der Waals surface area contributed by atoms with Crippen LogP contribution in [0.5, 0.6) is 0 Å². The smallest absolute Gasteiger partial charge is 0.308 e. The van der Waals surface area contributed by atoms with Crippen LogP contribution in [0.15, 0.2) is 4.99 Å². The lowest BCUT2D eigenvalue weighted by atomic mass is 9.84. The molecule has 2 atom stereocenters. The van der Waals surface area contributed by atoms with Gasteiger partial charge in [0.25, 0.3) is 0 Å². The van der Waals surface area contributed by atoms with E-state index in [1.807, 2.05) is 0 Å². The molecule has 0 aromatic carbocycles. The molecular formula is C12H20N2O2. The Morgan fingerprint density at radius 1 is 1.25 bits per heavy atom. The molecule has 0 spiro atoms. The molecule has 1 fully saturated rings. The zero-order valence-electron chi connectivity index (χ0n) is 9.61. The van der Waals surface area contributed by atoms with Crippen LogP contribution in [0.3, 0.4) is 0 Å². The average Bonchev–Trinajstić information content (AvgIpc) is 2.31. The van der Waals surface area contributed by atoms with Crippen molar-refractivity contribution in [3.63, 3.8) is 0 Å². The number of carboxylic acids is 1. The van der Waals surface area contributed by atoms with Crippen LogP contribution in [0.1, 0.15) is 44.9 Å². The molecule has 0 amide bonds. The number of aliphatic imine (C=N–C) groups is 1. The summed E-state index contributed by atoms with van der Waals surface area (Å²) in [5.41, 5.74) is 0. The van der Waals surface area contributed by atoms with E-state index in [0.29, 0.717) is 0 Å². The van der Waals surface area contributed by atoms with E-state index in [2.05, 4.69) is 10.3 Å². The van der Waals surface area contributed by atoms with Gasteiger partial charge >= 0.3 is 5.97 Å². The molecule has 0 aromatic heterocycles. The quantitative estimate of drug-likeness (QED) is 0.752. The first-order chi connectivity index (χ1) is 7.77. The van der Waals surface area contributed by atoms with Crippen molar-refractivity contribution >= 4 is 11.8 Å². The predicted octanol–water partition coefficient (Wildman–Crippen LogP) is 1.80. The number of hydrogen-bond acceptors (Lipinski definition) is 3. The summed E-state index contributed by atoms with van der Waals surface area (Å²) in [6.45, 7) is 0.896. The van der Waals surface area contributed by atoms with Gasteiger partial charge in [0, 0.05) is 19.0 Å². The number of nitrogens with zero attached hydrogens (tertiary/aromatic N) is 1. The third-order valence-electron chi connectivity index (χ3n) is 3.56. The maximum Gasteiger partial charge on any atom is 0.308 e. The van der Waals surface area contributed by atoms with Crippen LogP contribution in [0, 0.1) is 5.92 Å². The molecule has 16 heavy (non-hydrogen) atoms. The first-order valence-electron chi connectivity index (χ1n) is 6.30.